The van der Waals surface area contributed by atoms with Gasteiger partial charge in [-0.1, -0.05) is 30.3 Å². The molecular formula is C24H28N2O4. The Hall–Kier alpha value is -3.28. The van der Waals surface area contributed by atoms with E-state index in [1.54, 1.807) is 0 Å². The molecule has 3 aromatic rings. The molecule has 158 valence electrons. The van der Waals surface area contributed by atoms with E-state index in [9.17, 15) is 9.59 Å². The number of ether oxygens (including phenoxy) is 2. The zero-order valence-electron chi connectivity index (χ0n) is 17.5. The monoisotopic (exact) mass is 408 g/mol. The Morgan fingerprint density at radius 3 is 2.53 bits per heavy atom. The van der Waals surface area contributed by atoms with E-state index in [2.05, 4.69) is 21.4 Å². The van der Waals surface area contributed by atoms with E-state index in [0.29, 0.717) is 19.4 Å². The van der Waals surface area contributed by atoms with Crippen LogP contribution in [0.4, 0.5) is 0 Å². The van der Waals surface area contributed by atoms with E-state index < -0.39 is 0 Å². The van der Waals surface area contributed by atoms with Crippen molar-refractivity contribution in [2.24, 2.45) is 5.73 Å². The number of unbranched alkanes of at least 4 members (excludes halogenated alkanes) is 1. The lowest BCUT2D eigenvalue weighted by atomic mass is 10.1. The summed E-state index contributed by atoms with van der Waals surface area (Å²) in [7, 11) is 1.39. The van der Waals surface area contributed by atoms with Crippen LogP contribution in [-0.4, -0.2) is 30.2 Å². The number of carbonyl (C=O) groups excluding carboxylic acids is 2. The van der Waals surface area contributed by atoms with Crippen LogP contribution in [0.3, 0.4) is 0 Å². The summed E-state index contributed by atoms with van der Waals surface area (Å²) < 4.78 is 12.7. The largest absolute Gasteiger partial charge is 0.494 e. The van der Waals surface area contributed by atoms with Crippen molar-refractivity contribution in [2.75, 3.05) is 13.7 Å². The maximum atomic E-state index is 11.7. The van der Waals surface area contributed by atoms with E-state index in [1.165, 1.54) is 12.7 Å². The minimum Gasteiger partial charge on any atom is -0.494 e. The molecule has 6 heteroatoms. The van der Waals surface area contributed by atoms with Crippen molar-refractivity contribution < 1.29 is 19.1 Å². The second-order valence-electron chi connectivity index (χ2n) is 7.34. The van der Waals surface area contributed by atoms with E-state index >= 15 is 0 Å². The highest BCUT2D eigenvalue weighted by molar-refractivity contribution is 5.91. The number of rotatable bonds is 10. The zero-order valence-corrected chi connectivity index (χ0v) is 17.5. The van der Waals surface area contributed by atoms with Gasteiger partial charge in [0.25, 0.3) is 0 Å². The molecule has 0 aliphatic carbocycles. The Morgan fingerprint density at radius 2 is 1.83 bits per heavy atom. The molecule has 0 unspecified atom stereocenters. The van der Waals surface area contributed by atoms with Gasteiger partial charge in [-0.05, 0) is 49.1 Å². The maximum Gasteiger partial charge on any atom is 0.305 e. The van der Waals surface area contributed by atoms with Crippen molar-refractivity contribution in [3.63, 3.8) is 0 Å². The van der Waals surface area contributed by atoms with Gasteiger partial charge < -0.3 is 19.8 Å². The molecule has 0 fully saturated rings. The SMILES string of the molecule is COC(=O)CCCCOc1ccc2c(c1)c(CC(N)=O)c(C)n2Cc1ccccc1. The summed E-state index contributed by atoms with van der Waals surface area (Å²) in [4.78, 5) is 22.9. The number of hydrogen-bond acceptors (Lipinski definition) is 4. The van der Waals surface area contributed by atoms with E-state index in [0.717, 1.165) is 40.9 Å². The number of carbonyl (C=O) groups is 2. The molecule has 1 aromatic heterocycles. The van der Waals surface area contributed by atoms with Gasteiger partial charge in [-0.15, -0.1) is 0 Å². The summed E-state index contributed by atoms with van der Waals surface area (Å²) in [6.07, 6.45) is 2.06. The van der Waals surface area contributed by atoms with Crippen LogP contribution < -0.4 is 10.5 Å². The van der Waals surface area contributed by atoms with Crippen LogP contribution >= 0.6 is 0 Å². The van der Waals surface area contributed by atoms with Gasteiger partial charge in [0.2, 0.25) is 5.91 Å². The number of benzene rings is 2. The number of hydrogen-bond donors (Lipinski definition) is 1. The fourth-order valence-electron chi connectivity index (χ4n) is 3.65. The number of esters is 1. The predicted octanol–water partition coefficient (Wildman–Crippen LogP) is 3.75. The Balaban J connectivity index is 1.82. The Kier molecular flexibility index (Phi) is 7.12. The molecule has 0 saturated carbocycles. The van der Waals surface area contributed by atoms with E-state index in [1.807, 2.05) is 43.3 Å². The van der Waals surface area contributed by atoms with Crippen LogP contribution in [-0.2, 0) is 27.3 Å². The summed E-state index contributed by atoms with van der Waals surface area (Å²) in [5.41, 5.74) is 9.72. The van der Waals surface area contributed by atoms with Crippen molar-refractivity contribution in [3.8, 4) is 5.75 Å². The average molecular weight is 408 g/mol. The van der Waals surface area contributed by atoms with Gasteiger partial charge in [0, 0.05) is 29.6 Å². The molecule has 30 heavy (non-hydrogen) atoms. The van der Waals surface area contributed by atoms with Gasteiger partial charge >= 0.3 is 5.97 Å². The number of nitrogens with two attached hydrogens (primary N) is 1. The highest BCUT2D eigenvalue weighted by Gasteiger charge is 2.17. The second-order valence-corrected chi connectivity index (χ2v) is 7.34. The summed E-state index contributed by atoms with van der Waals surface area (Å²) >= 11 is 0. The lowest BCUT2D eigenvalue weighted by Crippen LogP contribution is -2.14. The maximum absolute atomic E-state index is 11.7. The first-order valence-corrected chi connectivity index (χ1v) is 10.1. The molecule has 1 amide bonds. The third-order valence-corrected chi connectivity index (χ3v) is 5.23. The van der Waals surface area contributed by atoms with E-state index in [4.69, 9.17) is 10.5 Å². The lowest BCUT2D eigenvalue weighted by Gasteiger charge is -2.10. The van der Waals surface area contributed by atoms with Gasteiger partial charge in [-0.3, -0.25) is 9.59 Å². The van der Waals surface area contributed by atoms with Gasteiger partial charge in [-0.2, -0.15) is 0 Å². The molecule has 0 atom stereocenters. The number of amides is 1. The molecular weight excluding hydrogens is 380 g/mol. The van der Waals surface area contributed by atoms with Crippen molar-refractivity contribution in [3.05, 3.63) is 65.4 Å². The minimum absolute atomic E-state index is 0.187. The van der Waals surface area contributed by atoms with Crippen molar-refractivity contribution in [1.82, 2.24) is 4.57 Å². The van der Waals surface area contributed by atoms with Crippen LogP contribution in [0.15, 0.2) is 48.5 Å². The third kappa shape index (κ3) is 5.20. The topological polar surface area (TPSA) is 83.6 Å². The van der Waals surface area contributed by atoms with Crippen LogP contribution in [0.5, 0.6) is 5.75 Å². The highest BCUT2D eigenvalue weighted by atomic mass is 16.5. The van der Waals surface area contributed by atoms with Gasteiger partial charge in [-0.25, -0.2) is 0 Å². The predicted molar refractivity (Wildman–Crippen MR) is 116 cm³/mol. The van der Waals surface area contributed by atoms with E-state index in [-0.39, 0.29) is 18.3 Å². The second kappa shape index (κ2) is 9.96. The molecule has 2 N–H and O–H groups in total. The number of nitrogens with zero attached hydrogens (tertiary/aromatic N) is 1. The molecule has 0 aliphatic heterocycles. The van der Waals surface area contributed by atoms with Gasteiger partial charge in [0.15, 0.2) is 0 Å². The first kappa shape index (κ1) is 21.4. The first-order chi connectivity index (χ1) is 14.5. The highest BCUT2D eigenvalue weighted by Crippen LogP contribution is 2.30. The third-order valence-electron chi connectivity index (χ3n) is 5.23. The van der Waals surface area contributed by atoms with Gasteiger partial charge in [0.1, 0.15) is 5.75 Å². The van der Waals surface area contributed by atoms with Crippen molar-refractivity contribution in [2.45, 2.75) is 39.2 Å². The fourth-order valence-corrected chi connectivity index (χ4v) is 3.65. The Bertz CT molecular complexity index is 1020. The zero-order chi connectivity index (χ0) is 21.5. The molecule has 0 radical (unpaired) electrons. The van der Waals surface area contributed by atoms with Gasteiger partial charge in [0.05, 0.1) is 20.1 Å². The van der Waals surface area contributed by atoms with Crippen LogP contribution in [0.1, 0.15) is 36.1 Å². The van der Waals surface area contributed by atoms with Crippen molar-refractivity contribution >= 4 is 22.8 Å². The smallest absolute Gasteiger partial charge is 0.305 e. The van der Waals surface area contributed by atoms with Crippen LogP contribution in [0.25, 0.3) is 10.9 Å². The standard InChI is InChI=1S/C24H28N2O4/c1-17-20(15-23(25)27)21-14-19(30-13-7-6-10-24(28)29-2)11-12-22(21)26(17)16-18-8-4-3-5-9-18/h3-5,8-9,11-12,14H,6-7,10,13,15-16H2,1-2H3,(H2,25,27). The van der Waals surface area contributed by atoms with Crippen LogP contribution in [0, 0.1) is 6.92 Å². The van der Waals surface area contributed by atoms with Crippen LogP contribution in [0.2, 0.25) is 0 Å². The lowest BCUT2D eigenvalue weighted by molar-refractivity contribution is -0.140. The molecule has 0 saturated heterocycles. The fraction of sp³-hybridized carbons (Fsp3) is 0.333. The normalized spacial score (nSPS) is 10.9. The Morgan fingerprint density at radius 1 is 1.07 bits per heavy atom. The first-order valence-electron chi connectivity index (χ1n) is 10.1. The molecule has 0 aliphatic rings. The Labute approximate surface area is 176 Å². The molecule has 6 nitrogen and oxygen atoms in total. The summed E-state index contributed by atoms with van der Waals surface area (Å²) in [6, 6.07) is 16.2. The molecule has 1 heterocycles. The molecule has 0 spiro atoms. The summed E-state index contributed by atoms with van der Waals surface area (Å²) in [5.74, 6) is 0.178. The van der Waals surface area contributed by atoms with Crippen molar-refractivity contribution in [1.29, 1.82) is 0 Å². The quantitative estimate of drug-likeness (QED) is 0.409. The minimum atomic E-state index is -0.356. The average Bonchev–Trinajstić information content (AvgIpc) is 2.99. The summed E-state index contributed by atoms with van der Waals surface area (Å²) in [5, 5.41) is 0.981. The number of methoxy groups -OCH3 is 1. The molecule has 2 aromatic carbocycles. The number of fused-ring (bicyclic) bond motifs is 1. The molecule has 3 rings (SSSR count). The number of primary amides is 1. The summed E-state index contributed by atoms with van der Waals surface area (Å²) in [6.45, 7) is 3.25. The molecule has 0 bridgehead atoms. The number of aromatic nitrogens is 1.